The molecule has 0 saturated carbocycles. The second kappa shape index (κ2) is 8.57. The minimum Gasteiger partial charge on any atom is -0.481 e. The van der Waals surface area contributed by atoms with Crippen LogP contribution in [0.5, 0.6) is 0 Å². The quantitative estimate of drug-likeness (QED) is 0.639. The lowest BCUT2D eigenvalue weighted by Gasteiger charge is -2.21. The zero-order chi connectivity index (χ0) is 12.6. The predicted octanol–water partition coefficient (Wildman–Crippen LogP) is 3.04. The fraction of sp³-hybridized carbons (Fsp3) is 0.923. The standard InChI is InChI=1S/C13H27NO2/c1-5-12(6-2)14-11(4)9-7-8-10(3)13(15)16/h10-12,14H,5-9H2,1-4H3,(H,15,16). The zero-order valence-electron chi connectivity index (χ0n) is 11.1. The predicted molar refractivity (Wildman–Crippen MR) is 67.6 cm³/mol. The highest BCUT2D eigenvalue weighted by molar-refractivity contribution is 5.69. The molecule has 0 spiro atoms. The Morgan fingerprint density at radius 1 is 1.19 bits per heavy atom. The number of aliphatic carboxylic acids is 1. The van der Waals surface area contributed by atoms with Crippen LogP contribution in [0.1, 0.15) is 59.8 Å². The van der Waals surface area contributed by atoms with Gasteiger partial charge in [0.2, 0.25) is 0 Å². The minimum atomic E-state index is -0.680. The molecule has 0 radical (unpaired) electrons. The van der Waals surface area contributed by atoms with Crippen LogP contribution in [-0.4, -0.2) is 23.2 Å². The summed E-state index contributed by atoms with van der Waals surface area (Å²) in [5.74, 6) is -0.888. The summed E-state index contributed by atoms with van der Waals surface area (Å²) in [4.78, 5) is 10.6. The Hall–Kier alpha value is -0.570. The third-order valence-corrected chi connectivity index (χ3v) is 3.20. The highest BCUT2D eigenvalue weighted by Crippen LogP contribution is 2.10. The lowest BCUT2D eigenvalue weighted by molar-refractivity contribution is -0.141. The monoisotopic (exact) mass is 229 g/mol. The molecule has 0 saturated heterocycles. The van der Waals surface area contributed by atoms with Crippen LogP contribution in [0.25, 0.3) is 0 Å². The van der Waals surface area contributed by atoms with Gasteiger partial charge in [0.15, 0.2) is 0 Å². The summed E-state index contributed by atoms with van der Waals surface area (Å²) < 4.78 is 0. The van der Waals surface area contributed by atoms with Crippen LogP contribution in [0.3, 0.4) is 0 Å². The number of carboxylic acids is 1. The van der Waals surface area contributed by atoms with Crippen molar-refractivity contribution in [2.75, 3.05) is 0 Å². The first-order valence-electron chi connectivity index (χ1n) is 6.50. The molecule has 0 aromatic rings. The summed E-state index contributed by atoms with van der Waals surface area (Å²) in [5, 5.41) is 12.3. The number of nitrogens with one attached hydrogen (secondary N) is 1. The molecule has 3 heteroatoms. The van der Waals surface area contributed by atoms with E-state index in [0.717, 1.165) is 32.1 Å². The van der Waals surface area contributed by atoms with E-state index < -0.39 is 5.97 Å². The third kappa shape index (κ3) is 6.83. The highest BCUT2D eigenvalue weighted by atomic mass is 16.4. The topological polar surface area (TPSA) is 49.3 Å². The highest BCUT2D eigenvalue weighted by Gasteiger charge is 2.12. The van der Waals surface area contributed by atoms with Crippen molar-refractivity contribution in [1.29, 1.82) is 0 Å². The summed E-state index contributed by atoms with van der Waals surface area (Å²) in [6.45, 7) is 8.35. The van der Waals surface area contributed by atoms with E-state index in [9.17, 15) is 4.79 Å². The summed E-state index contributed by atoms with van der Waals surface area (Å²) in [5.41, 5.74) is 0. The van der Waals surface area contributed by atoms with Gasteiger partial charge >= 0.3 is 5.97 Å². The van der Waals surface area contributed by atoms with Crippen LogP contribution < -0.4 is 5.32 Å². The zero-order valence-corrected chi connectivity index (χ0v) is 11.1. The van der Waals surface area contributed by atoms with Gasteiger partial charge in [0.25, 0.3) is 0 Å². The van der Waals surface area contributed by atoms with Crippen LogP contribution in [0, 0.1) is 5.92 Å². The molecule has 0 aromatic heterocycles. The van der Waals surface area contributed by atoms with E-state index in [2.05, 4.69) is 26.1 Å². The van der Waals surface area contributed by atoms with E-state index in [1.54, 1.807) is 6.92 Å². The molecule has 2 N–H and O–H groups in total. The second-order valence-corrected chi connectivity index (χ2v) is 4.75. The van der Waals surface area contributed by atoms with Gasteiger partial charge in [0.05, 0.1) is 5.92 Å². The number of carboxylic acid groups (broad SMARTS) is 1. The first-order chi connectivity index (χ1) is 7.51. The van der Waals surface area contributed by atoms with Crippen molar-refractivity contribution in [2.45, 2.75) is 71.9 Å². The van der Waals surface area contributed by atoms with Crippen molar-refractivity contribution >= 4 is 5.97 Å². The third-order valence-electron chi connectivity index (χ3n) is 3.20. The van der Waals surface area contributed by atoms with Gasteiger partial charge in [0, 0.05) is 12.1 Å². The Bertz CT molecular complexity index is 190. The largest absolute Gasteiger partial charge is 0.481 e. The van der Waals surface area contributed by atoms with Gasteiger partial charge in [-0.25, -0.2) is 0 Å². The Morgan fingerprint density at radius 3 is 2.19 bits per heavy atom. The SMILES string of the molecule is CCC(CC)NC(C)CCCC(C)C(=O)O. The lowest BCUT2D eigenvalue weighted by atomic mass is 10.0. The molecule has 16 heavy (non-hydrogen) atoms. The summed E-state index contributed by atoms with van der Waals surface area (Å²) in [7, 11) is 0. The summed E-state index contributed by atoms with van der Waals surface area (Å²) in [6, 6.07) is 1.10. The Kier molecular flexibility index (Phi) is 8.26. The number of hydrogen-bond acceptors (Lipinski definition) is 2. The maximum absolute atomic E-state index is 10.6. The van der Waals surface area contributed by atoms with Gasteiger partial charge in [0.1, 0.15) is 0 Å². The molecule has 0 fully saturated rings. The van der Waals surface area contributed by atoms with Crippen molar-refractivity contribution in [3.63, 3.8) is 0 Å². The average molecular weight is 229 g/mol. The molecular weight excluding hydrogens is 202 g/mol. The van der Waals surface area contributed by atoms with Crippen molar-refractivity contribution in [1.82, 2.24) is 5.32 Å². The number of hydrogen-bond donors (Lipinski definition) is 2. The van der Waals surface area contributed by atoms with E-state index in [0.29, 0.717) is 12.1 Å². The molecule has 0 heterocycles. The summed E-state index contributed by atoms with van der Waals surface area (Å²) in [6.07, 6.45) is 5.15. The normalized spacial score (nSPS) is 15.1. The van der Waals surface area contributed by atoms with Gasteiger partial charge in [-0.1, -0.05) is 27.2 Å². The molecule has 0 rings (SSSR count). The minimum absolute atomic E-state index is 0.208. The maximum atomic E-state index is 10.6. The molecule has 2 unspecified atom stereocenters. The first kappa shape index (κ1) is 15.4. The Balaban J connectivity index is 3.64. The van der Waals surface area contributed by atoms with Crippen LogP contribution in [0.2, 0.25) is 0 Å². The average Bonchev–Trinajstić information content (AvgIpc) is 2.25. The van der Waals surface area contributed by atoms with Crippen LogP contribution in [0.4, 0.5) is 0 Å². The molecule has 3 nitrogen and oxygen atoms in total. The van der Waals surface area contributed by atoms with Gasteiger partial charge in [-0.05, 0) is 32.6 Å². The number of carbonyl (C=O) groups is 1. The van der Waals surface area contributed by atoms with Crippen LogP contribution in [0.15, 0.2) is 0 Å². The second-order valence-electron chi connectivity index (χ2n) is 4.75. The molecule has 0 aliphatic rings. The van der Waals surface area contributed by atoms with Crippen molar-refractivity contribution in [3.8, 4) is 0 Å². The molecule has 2 atom stereocenters. The van der Waals surface area contributed by atoms with Crippen LogP contribution >= 0.6 is 0 Å². The number of rotatable bonds is 9. The molecule has 0 aromatic carbocycles. The van der Waals surface area contributed by atoms with Crippen molar-refractivity contribution in [2.24, 2.45) is 5.92 Å². The maximum Gasteiger partial charge on any atom is 0.306 e. The molecule has 96 valence electrons. The molecule has 0 aliphatic heterocycles. The van der Waals surface area contributed by atoms with Crippen LogP contribution in [-0.2, 0) is 4.79 Å². The van der Waals surface area contributed by atoms with Crippen molar-refractivity contribution in [3.05, 3.63) is 0 Å². The van der Waals surface area contributed by atoms with Gasteiger partial charge in [-0.2, -0.15) is 0 Å². The van der Waals surface area contributed by atoms with Gasteiger partial charge < -0.3 is 10.4 Å². The van der Waals surface area contributed by atoms with E-state index in [4.69, 9.17) is 5.11 Å². The smallest absolute Gasteiger partial charge is 0.306 e. The van der Waals surface area contributed by atoms with E-state index in [-0.39, 0.29) is 5.92 Å². The van der Waals surface area contributed by atoms with Gasteiger partial charge in [-0.3, -0.25) is 4.79 Å². The van der Waals surface area contributed by atoms with Gasteiger partial charge in [-0.15, -0.1) is 0 Å². The van der Waals surface area contributed by atoms with E-state index in [1.807, 2.05) is 0 Å². The molecular formula is C13H27NO2. The van der Waals surface area contributed by atoms with E-state index >= 15 is 0 Å². The van der Waals surface area contributed by atoms with E-state index in [1.165, 1.54) is 0 Å². The molecule has 0 amide bonds. The summed E-state index contributed by atoms with van der Waals surface area (Å²) >= 11 is 0. The fourth-order valence-corrected chi connectivity index (χ4v) is 1.86. The Labute approximate surface area is 99.6 Å². The lowest BCUT2D eigenvalue weighted by Crippen LogP contribution is -2.35. The van der Waals surface area contributed by atoms with Crippen molar-refractivity contribution < 1.29 is 9.90 Å². The fourth-order valence-electron chi connectivity index (χ4n) is 1.86. The molecule has 0 aliphatic carbocycles. The Morgan fingerprint density at radius 2 is 1.75 bits per heavy atom. The molecule has 0 bridgehead atoms. The first-order valence-corrected chi connectivity index (χ1v) is 6.50.